The van der Waals surface area contributed by atoms with Gasteiger partial charge in [-0.1, -0.05) is 30.0 Å². The van der Waals surface area contributed by atoms with E-state index in [1.54, 1.807) is 0 Å². The van der Waals surface area contributed by atoms with Crippen molar-refractivity contribution in [1.82, 2.24) is 0 Å². The van der Waals surface area contributed by atoms with Crippen molar-refractivity contribution in [3.63, 3.8) is 0 Å². The Labute approximate surface area is 138 Å². The van der Waals surface area contributed by atoms with Crippen LogP contribution in [-0.2, 0) is 16.2 Å². The molecule has 3 nitrogen and oxygen atoms in total. The summed E-state index contributed by atoms with van der Waals surface area (Å²) < 4.78 is 89.6. The molecule has 0 unspecified atom stereocenters. The van der Waals surface area contributed by atoms with Gasteiger partial charge in [0.15, 0.2) is 0 Å². The summed E-state index contributed by atoms with van der Waals surface area (Å²) in [5, 5.41) is 0. The fourth-order valence-corrected chi connectivity index (χ4v) is 3.58. The van der Waals surface area contributed by atoms with Crippen LogP contribution < -0.4 is 4.72 Å². The van der Waals surface area contributed by atoms with Crippen molar-refractivity contribution in [3.8, 4) is 0 Å². The fraction of sp³-hybridized carbons (Fsp3) is 0.143. The highest BCUT2D eigenvalue weighted by molar-refractivity contribution is 7.99. The zero-order valence-corrected chi connectivity index (χ0v) is 13.4. The number of anilines is 1. The second kappa shape index (κ2) is 6.98. The third-order valence-electron chi connectivity index (χ3n) is 2.82. The molecule has 2 rings (SSSR count). The van der Waals surface area contributed by atoms with Crippen molar-refractivity contribution >= 4 is 27.5 Å². The molecule has 2 aromatic rings. The van der Waals surface area contributed by atoms with E-state index in [4.69, 9.17) is 0 Å². The van der Waals surface area contributed by atoms with Crippen LogP contribution in [0.1, 0.15) is 5.56 Å². The van der Waals surface area contributed by atoms with Gasteiger partial charge in [-0.15, -0.1) is 0 Å². The summed E-state index contributed by atoms with van der Waals surface area (Å²) in [6.07, 6.45) is -4.70. The molecule has 0 atom stereocenters. The molecule has 1 N–H and O–H groups in total. The summed E-state index contributed by atoms with van der Waals surface area (Å²) >= 11 is 0.128. The molecule has 0 heterocycles. The lowest BCUT2D eigenvalue weighted by molar-refractivity contribution is -0.137. The van der Waals surface area contributed by atoms with E-state index in [2.05, 4.69) is 0 Å². The lowest BCUT2D eigenvalue weighted by atomic mass is 10.2. The van der Waals surface area contributed by atoms with Crippen LogP contribution in [0.3, 0.4) is 0 Å². The summed E-state index contributed by atoms with van der Waals surface area (Å²) in [5.74, 6) is -2.77. The van der Waals surface area contributed by atoms with E-state index in [-0.39, 0.29) is 22.3 Å². The first-order chi connectivity index (χ1) is 11.1. The summed E-state index contributed by atoms with van der Waals surface area (Å²) in [6, 6.07) is 8.53. The summed E-state index contributed by atoms with van der Waals surface area (Å²) in [7, 11) is -4.36. The monoisotopic (exact) mass is 383 g/mol. The number of hydrogen-bond acceptors (Lipinski definition) is 3. The standard InChI is InChI=1S/C14H10F5NO2S2/c15-13(16)23-12-7-2-1-6-11(12)20-24(21,22)10-5-3-4-9(8-10)14(17,18)19/h1-8,13,20H. The van der Waals surface area contributed by atoms with Crippen LogP contribution in [0.4, 0.5) is 27.6 Å². The van der Waals surface area contributed by atoms with Crippen LogP contribution in [0.2, 0.25) is 0 Å². The van der Waals surface area contributed by atoms with E-state index in [0.717, 1.165) is 18.2 Å². The number of thioether (sulfide) groups is 1. The molecule has 0 aliphatic rings. The van der Waals surface area contributed by atoms with Gasteiger partial charge < -0.3 is 0 Å². The highest BCUT2D eigenvalue weighted by Crippen LogP contribution is 2.34. The van der Waals surface area contributed by atoms with E-state index in [1.165, 1.54) is 24.3 Å². The summed E-state index contributed by atoms with van der Waals surface area (Å²) in [6.45, 7) is 0. The molecule has 0 aliphatic heterocycles. The largest absolute Gasteiger partial charge is 0.416 e. The third kappa shape index (κ3) is 4.60. The molecule has 24 heavy (non-hydrogen) atoms. The van der Waals surface area contributed by atoms with Gasteiger partial charge in [0.25, 0.3) is 15.8 Å². The molecule has 0 aromatic heterocycles. The van der Waals surface area contributed by atoms with Gasteiger partial charge in [0.1, 0.15) is 0 Å². The van der Waals surface area contributed by atoms with Gasteiger partial charge >= 0.3 is 6.18 Å². The zero-order valence-electron chi connectivity index (χ0n) is 11.7. The van der Waals surface area contributed by atoms with Crippen molar-refractivity contribution in [3.05, 3.63) is 54.1 Å². The molecule has 2 aromatic carbocycles. The number of sulfonamides is 1. The Kier molecular flexibility index (Phi) is 5.38. The smallest absolute Gasteiger partial charge is 0.278 e. The minimum absolute atomic E-state index is 0.0388. The highest BCUT2D eigenvalue weighted by Gasteiger charge is 2.31. The number of para-hydroxylation sites is 1. The van der Waals surface area contributed by atoms with Crippen molar-refractivity contribution in [2.75, 3.05) is 4.72 Å². The number of benzene rings is 2. The maximum atomic E-state index is 12.7. The number of hydrogen-bond donors (Lipinski definition) is 1. The highest BCUT2D eigenvalue weighted by atomic mass is 32.2. The van der Waals surface area contributed by atoms with Crippen LogP contribution in [0.25, 0.3) is 0 Å². The van der Waals surface area contributed by atoms with Crippen LogP contribution in [0.15, 0.2) is 58.3 Å². The quantitative estimate of drug-likeness (QED) is 0.595. The van der Waals surface area contributed by atoms with Crippen LogP contribution in [0.5, 0.6) is 0 Å². The average Bonchev–Trinajstić information content (AvgIpc) is 2.48. The lowest BCUT2D eigenvalue weighted by Crippen LogP contribution is -2.15. The summed E-state index contributed by atoms with van der Waals surface area (Å²) in [4.78, 5) is -0.655. The second-order valence-electron chi connectivity index (χ2n) is 4.51. The topological polar surface area (TPSA) is 46.2 Å². The Balaban J connectivity index is 2.36. The molecular formula is C14H10F5NO2S2. The molecule has 0 amide bonds. The predicted molar refractivity (Wildman–Crippen MR) is 80.6 cm³/mol. The van der Waals surface area contributed by atoms with Gasteiger partial charge in [-0.05, 0) is 30.3 Å². The Morgan fingerprint density at radius 1 is 1.00 bits per heavy atom. The SMILES string of the molecule is O=S(=O)(Nc1ccccc1SC(F)F)c1cccc(C(F)(F)F)c1. The molecule has 10 heteroatoms. The molecule has 130 valence electrons. The van der Waals surface area contributed by atoms with Crippen molar-refractivity contribution in [1.29, 1.82) is 0 Å². The van der Waals surface area contributed by atoms with E-state index in [0.29, 0.717) is 6.07 Å². The van der Waals surface area contributed by atoms with E-state index in [9.17, 15) is 30.4 Å². The fourth-order valence-electron chi connectivity index (χ4n) is 1.79. The zero-order chi connectivity index (χ0) is 18.0. The van der Waals surface area contributed by atoms with Gasteiger partial charge in [-0.25, -0.2) is 8.42 Å². The molecule has 0 fully saturated rings. The van der Waals surface area contributed by atoms with Gasteiger partial charge in [-0.2, -0.15) is 22.0 Å². The molecule has 0 radical (unpaired) electrons. The second-order valence-corrected chi connectivity index (χ2v) is 7.22. The number of nitrogens with one attached hydrogen (secondary N) is 1. The molecule has 0 saturated carbocycles. The van der Waals surface area contributed by atoms with Gasteiger partial charge in [0.2, 0.25) is 0 Å². The first kappa shape index (κ1) is 18.5. The number of rotatable bonds is 5. The molecule has 0 bridgehead atoms. The minimum atomic E-state index is -4.70. The maximum Gasteiger partial charge on any atom is 0.416 e. The van der Waals surface area contributed by atoms with Crippen LogP contribution in [-0.4, -0.2) is 14.2 Å². The first-order valence-corrected chi connectivity index (χ1v) is 8.70. The molecule has 0 saturated heterocycles. The average molecular weight is 383 g/mol. The van der Waals surface area contributed by atoms with Crippen molar-refractivity contribution < 1.29 is 30.4 Å². The van der Waals surface area contributed by atoms with Gasteiger partial charge in [-0.3, -0.25) is 4.72 Å². The van der Waals surface area contributed by atoms with E-state index >= 15 is 0 Å². The third-order valence-corrected chi connectivity index (χ3v) is 4.97. The maximum absolute atomic E-state index is 12.7. The summed E-state index contributed by atoms with van der Waals surface area (Å²) in [5.41, 5.74) is -1.26. The molecule has 0 aliphatic carbocycles. The number of halogens is 5. The lowest BCUT2D eigenvalue weighted by Gasteiger charge is -2.13. The van der Waals surface area contributed by atoms with Gasteiger partial charge in [0.05, 0.1) is 16.1 Å². The number of alkyl halides is 5. The minimum Gasteiger partial charge on any atom is -0.278 e. The Bertz CT molecular complexity index is 822. The van der Waals surface area contributed by atoms with Crippen molar-refractivity contribution in [2.45, 2.75) is 21.7 Å². The molecular weight excluding hydrogens is 373 g/mol. The normalized spacial score (nSPS) is 12.4. The van der Waals surface area contributed by atoms with Crippen LogP contribution >= 0.6 is 11.8 Å². The Hall–Kier alpha value is -1.81. The predicted octanol–water partition coefficient (Wildman–Crippen LogP) is 4.82. The van der Waals surface area contributed by atoms with Crippen molar-refractivity contribution in [2.24, 2.45) is 0 Å². The van der Waals surface area contributed by atoms with E-state index < -0.39 is 32.4 Å². The first-order valence-electron chi connectivity index (χ1n) is 6.33. The Morgan fingerprint density at radius 2 is 1.67 bits per heavy atom. The van der Waals surface area contributed by atoms with Crippen LogP contribution in [0, 0.1) is 0 Å². The Morgan fingerprint density at radius 3 is 2.29 bits per heavy atom. The molecule has 0 spiro atoms. The van der Waals surface area contributed by atoms with Gasteiger partial charge in [0, 0.05) is 4.90 Å². The van der Waals surface area contributed by atoms with E-state index in [1.807, 2.05) is 4.72 Å².